The van der Waals surface area contributed by atoms with E-state index in [4.69, 9.17) is 10.5 Å². The van der Waals surface area contributed by atoms with Crippen molar-refractivity contribution < 1.29 is 9.53 Å². The summed E-state index contributed by atoms with van der Waals surface area (Å²) in [5.41, 5.74) is 5.80. The molecule has 0 spiro atoms. The monoisotopic (exact) mass is 228 g/mol. The number of nitrogens with zero attached hydrogens (tertiary/aromatic N) is 1. The predicted molar refractivity (Wildman–Crippen MR) is 64.0 cm³/mol. The van der Waals surface area contributed by atoms with Crippen molar-refractivity contribution in [3.8, 4) is 0 Å². The van der Waals surface area contributed by atoms with Gasteiger partial charge in [-0.3, -0.25) is 4.79 Å². The first-order chi connectivity index (χ1) is 7.47. The van der Waals surface area contributed by atoms with Crippen molar-refractivity contribution in [1.29, 1.82) is 0 Å². The first-order valence-corrected chi connectivity index (χ1v) is 6.02. The molecule has 2 N–H and O–H groups in total. The summed E-state index contributed by atoms with van der Waals surface area (Å²) >= 11 is 0. The van der Waals surface area contributed by atoms with Crippen LogP contribution < -0.4 is 5.73 Å². The van der Waals surface area contributed by atoms with E-state index in [-0.39, 0.29) is 11.9 Å². The molecule has 1 heterocycles. The number of rotatable bonds is 3. The number of methoxy groups -OCH3 is 1. The van der Waals surface area contributed by atoms with Crippen LogP contribution in [0.2, 0.25) is 0 Å². The maximum absolute atomic E-state index is 12.1. The topological polar surface area (TPSA) is 55.6 Å². The van der Waals surface area contributed by atoms with Crippen molar-refractivity contribution >= 4 is 5.91 Å². The van der Waals surface area contributed by atoms with Crippen LogP contribution >= 0.6 is 0 Å². The first-order valence-electron chi connectivity index (χ1n) is 6.02. The largest absolute Gasteiger partial charge is 0.383 e. The van der Waals surface area contributed by atoms with E-state index in [1.54, 1.807) is 7.11 Å². The first kappa shape index (κ1) is 13.5. The van der Waals surface area contributed by atoms with Gasteiger partial charge in [-0.25, -0.2) is 0 Å². The van der Waals surface area contributed by atoms with Crippen molar-refractivity contribution in [1.82, 2.24) is 4.90 Å². The van der Waals surface area contributed by atoms with Crippen molar-refractivity contribution in [3.63, 3.8) is 0 Å². The van der Waals surface area contributed by atoms with Crippen LogP contribution in [0.4, 0.5) is 0 Å². The van der Waals surface area contributed by atoms with Gasteiger partial charge in [0, 0.05) is 19.7 Å². The molecule has 1 saturated heterocycles. The molecule has 4 unspecified atom stereocenters. The Labute approximate surface area is 98.1 Å². The second-order valence-corrected chi connectivity index (χ2v) is 5.11. The van der Waals surface area contributed by atoms with Gasteiger partial charge in [0.05, 0.1) is 6.61 Å². The molecule has 1 rings (SSSR count). The average molecular weight is 228 g/mol. The summed E-state index contributed by atoms with van der Waals surface area (Å²) in [4.78, 5) is 14.0. The van der Waals surface area contributed by atoms with Crippen LogP contribution in [-0.2, 0) is 9.53 Å². The fourth-order valence-corrected chi connectivity index (χ4v) is 2.47. The maximum atomic E-state index is 12.1. The number of amides is 1. The smallest absolute Gasteiger partial charge is 0.242 e. The van der Waals surface area contributed by atoms with Gasteiger partial charge in [0.25, 0.3) is 0 Å². The fourth-order valence-electron chi connectivity index (χ4n) is 2.47. The Morgan fingerprint density at radius 3 is 2.69 bits per heavy atom. The van der Waals surface area contributed by atoms with E-state index in [1.807, 2.05) is 4.90 Å². The lowest BCUT2D eigenvalue weighted by Gasteiger charge is -2.42. The Balaban J connectivity index is 2.66. The molecule has 1 aliphatic heterocycles. The number of carbonyl (C=O) groups is 1. The Hall–Kier alpha value is -0.610. The zero-order valence-corrected chi connectivity index (χ0v) is 10.8. The van der Waals surface area contributed by atoms with Gasteiger partial charge in [-0.05, 0) is 25.2 Å². The van der Waals surface area contributed by atoms with Gasteiger partial charge in [0.2, 0.25) is 5.91 Å². The molecule has 4 heteroatoms. The lowest BCUT2D eigenvalue weighted by atomic mass is 9.85. The number of carbonyl (C=O) groups excluding carboxylic acids is 1. The molecule has 0 aliphatic carbocycles. The van der Waals surface area contributed by atoms with Crippen LogP contribution in [0.15, 0.2) is 0 Å². The quantitative estimate of drug-likeness (QED) is 0.779. The molecule has 94 valence electrons. The number of ether oxygens (including phenoxy) is 1. The zero-order valence-electron chi connectivity index (χ0n) is 10.8. The third-order valence-electron chi connectivity index (χ3n) is 3.54. The number of hydrogen-bond donors (Lipinski definition) is 1. The Bertz CT molecular complexity index is 245. The molecule has 0 radical (unpaired) electrons. The highest BCUT2D eigenvalue weighted by Crippen LogP contribution is 2.27. The minimum Gasteiger partial charge on any atom is -0.383 e. The summed E-state index contributed by atoms with van der Waals surface area (Å²) in [7, 11) is 1.57. The normalized spacial score (nSPS) is 32.6. The molecule has 0 aromatic carbocycles. The Kier molecular flexibility index (Phi) is 4.74. The van der Waals surface area contributed by atoms with E-state index >= 15 is 0 Å². The third-order valence-corrected chi connectivity index (χ3v) is 3.54. The van der Waals surface area contributed by atoms with Crippen LogP contribution in [0, 0.1) is 11.8 Å². The van der Waals surface area contributed by atoms with E-state index in [0.717, 1.165) is 6.54 Å². The standard InChI is InChI=1S/C12H24N2O2/c1-8-5-9(2)10(3)14(6-8)12(15)11(13)7-16-4/h8-11H,5-7,13H2,1-4H3. The maximum Gasteiger partial charge on any atom is 0.242 e. The highest BCUT2D eigenvalue weighted by atomic mass is 16.5. The Morgan fingerprint density at radius 2 is 2.12 bits per heavy atom. The van der Waals surface area contributed by atoms with E-state index < -0.39 is 6.04 Å². The lowest BCUT2D eigenvalue weighted by molar-refractivity contribution is -0.139. The number of piperidine rings is 1. The predicted octanol–water partition coefficient (Wildman–Crippen LogP) is 0.853. The van der Waals surface area contributed by atoms with Crippen LogP contribution in [0.5, 0.6) is 0 Å². The molecule has 0 saturated carbocycles. The van der Waals surface area contributed by atoms with Crippen LogP contribution in [-0.4, -0.2) is 43.2 Å². The molecule has 1 aliphatic rings. The summed E-state index contributed by atoms with van der Waals surface area (Å²) < 4.78 is 4.93. The molecule has 4 nitrogen and oxygen atoms in total. The Morgan fingerprint density at radius 1 is 1.50 bits per heavy atom. The van der Waals surface area contributed by atoms with Gasteiger partial charge in [-0.2, -0.15) is 0 Å². The van der Waals surface area contributed by atoms with Gasteiger partial charge in [0.15, 0.2) is 0 Å². The zero-order chi connectivity index (χ0) is 12.3. The molecule has 1 fully saturated rings. The fraction of sp³-hybridized carbons (Fsp3) is 0.917. The van der Waals surface area contributed by atoms with Crippen molar-refractivity contribution in [2.75, 3.05) is 20.3 Å². The molecular formula is C12H24N2O2. The molecular weight excluding hydrogens is 204 g/mol. The second-order valence-electron chi connectivity index (χ2n) is 5.11. The lowest BCUT2D eigenvalue weighted by Crippen LogP contribution is -2.55. The molecule has 0 bridgehead atoms. The van der Waals surface area contributed by atoms with Crippen molar-refractivity contribution in [2.24, 2.45) is 17.6 Å². The van der Waals surface area contributed by atoms with E-state index in [0.29, 0.717) is 18.4 Å². The summed E-state index contributed by atoms with van der Waals surface area (Å²) in [6.07, 6.45) is 1.18. The molecule has 0 aromatic heterocycles. The van der Waals surface area contributed by atoms with E-state index in [2.05, 4.69) is 20.8 Å². The summed E-state index contributed by atoms with van der Waals surface area (Å²) in [5, 5.41) is 0. The third kappa shape index (κ3) is 2.95. The van der Waals surface area contributed by atoms with E-state index in [1.165, 1.54) is 6.42 Å². The summed E-state index contributed by atoms with van der Waals surface area (Å²) in [6, 6.07) is -0.239. The highest BCUT2D eigenvalue weighted by molar-refractivity contribution is 5.82. The second kappa shape index (κ2) is 5.64. The average Bonchev–Trinajstić information content (AvgIpc) is 2.22. The summed E-state index contributed by atoms with van der Waals surface area (Å²) in [6.45, 7) is 7.60. The van der Waals surface area contributed by atoms with Crippen LogP contribution in [0.25, 0.3) is 0 Å². The van der Waals surface area contributed by atoms with Crippen molar-refractivity contribution in [3.05, 3.63) is 0 Å². The van der Waals surface area contributed by atoms with Gasteiger partial charge < -0.3 is 15.4 Å². The minimum atomic E-state index is -0.523. The van der Waals surface area contributed by atoms with Gasteiger partial charge in [-0.1, -0.05) is 13.8 Å². The molecule has 0 aromatic rings. The summed E-state index contributed by atoms with van der Waals surface area (Å²) in [5.74, 6) is 1.13. The minimum absolute atomic E-state index is 0.0211. The number of nitrogens with two attached hydrogens (primary N) is 1. The van der Waals surface area contributed by atoms with Crippen LogP contribution in [0.3, 0.4) is 0 Å². The highest BCUT2D eigenvalue weighted by Gasteiger charge is 2.33. The van der Waals surface area contributed by atoms with Gasteiger partial charge in [0.1, 0.15) is 6.04 Å². The molecule has 1 amide bonds. The van der Waals surface area contributed by atoms with Gasteiger partial charge in [-0.15, -0.1) is 0 Å². The SMILES string of the molecule is COCC(N)C(=O)N1CC(C)CC(C)C1C. The van der Waals surface area contributed by atoms with Gasteiger partial charge >= 0.3 is 0 Å². The molecule has 16 heavy (non-hydrogen) atoms. The number of hydrogen-bond acceptors (Lipinski definition) is 3. The van der Waals surface area contributed by atoms with E-state index in [9.17, 15) is 4.79 Å². The van der Waals surface area contributed by atoms with Crippen molar-refractivity contribution in [2.45, 2.75) is 39.3 Å². The molecule has 4 atom stereocenters. The number of likely N-dealkylation sites (tertiary alicyclic amines) is 1. The van der Waals surface area contributed by atoms with Crippen LogP contribution in [0.1, 0.15) is 27.2 Å².